The zero-order valence-corrected chi connectivity index (χ0v) is 24.0. The van der Waals surface area contributed by atoms with Crippen LogP contribution in [0.4, 0.5) is 16.3 Å². The van der Waals surface area contributed by atoms with Crippen molar-refractivity contribution in [2.45, 2.75) is 12.8 Å². The summed E-state index contributed by atoms with van der Waals surface area (Å²) in [7, 11) is 0. The third kappa shape index (κ3) is 8.73. The molecule has 0 aliphatic carbocycles. The normalized spacial score (nSPS) is 10.4. The minimum atomic E-state index is -0.415. The van der Waals surface area contributed by atoms with Gasteiger partial charge in [-0.05, 0) is 48.0 Å². The molecule has 0 unspecified atom stereocenters. The Labute approximate surface area is 260 Å². The monoisotopic (exact) mass is 623 g/mol. The van der Waals surface area contributed by atoms with Crippen molar-refractivity contribution in [1.29, 1.82) is 0 Å². The average Bonchev–Trinajstić information content (AvgIpc) is 3.87. The lowest BCUT2D eigenvalue weighted by molar-refractivity contribution is -0.116. The Morgan fingerprint density at radius 2 is 1.35 bits per heavy atom. The molecule has 5 N–H and O–H groups in total. The van der Waals surface area contributed by atoms with Gasteiger partial charge in [-0.15, -0.1) is 10.2 Å². The highest BCUT2D eigenvalue weighted by molar-refractivity contribution is 5.93. The van der Waals surface area contributed by atoms with Crippen LogP contribution in [0.15, 0.2) is 95.9 Å². The summed E-state index contributed by atoms with van der Waals surface area (Å²) in [6.07, 6.45) is 4.68. The lowest BCUT2D eigenvalue weighted by atomic mass is 10.1. The van der Waals surface area contributed by atoms with Crippen molar-refractivity contribution in [2.24, 2.45) is 0 Å². The first-order chi connectivity index (χ1) is 22.4. The van der Waals surface area contributed by atoms with Crippen molar-refractivity contribution in [3.05, 3.63) is 109 Å². The van der Waals surface area contributed by atoms with Gasteiger partial charge in [-0.3, -0.25) is 45.2 Å². The van der Waals surface area contributed by atoms with Gasteiger partial charge in [0.05, 0.1) is 12.7 Å². The third-order valence-corrected chi connectivity index (χ3v) is 5.98. The Morgan fingerprint density at radius 3 is 1.91 bits per heavy atom. The molecule has 46 heavy (non-hydrogen) atoms. The third-order valence-electron chi connectivity index (χ3n) is 5.98. The van der Waals surface area contributed by atoms with Crippen LogP contribution in [0.2, 0.25) is 0 Å². The van der Waals surface area contributed by atoms with Crippen LogP contribution in [-0.2, 0) is 16.0 Å². The van der Waals surface area contributed by atoms with Crippen molar-refractivity contribution >= 4 is 29.6 Å². The number of aromatic amines is 2. The van der Waals surface area contributed by atoms with Gasteiger partial charge >= 0.3 is 0 Å². The van der Waals surface area contributed by atoms with Gasteiger partial charge in [0.15, 0.2) is 17.4 Å². The van der Waals surface area contributed by atoms with Gasteiger partial charge in [-0.1, -0.05) is 30.3 Å². The first kappa shape index (κ1) is 30.9. The summed E-state index contributed by atoms with van der Waals surface area (Å²) in [5.74, 6) is -0.119. The number of pyridine rings is 2. The minimum absolute atomic E-state index is 0.0832. The molecule has 0 saturated carbocycles. The number of hydrogen-bond donors (Lipinski definition) is 5. The zero-order chi connectivity index (χ0) is 32.1. The topological polar surface area (TPSA) is 209 Å². The number of rotatable bonds is 10. The van der Waals surface area contributed by atoms with Crippen molar-refractivity contribution in [3.8, 4) is 23.0 Å². The van der Waals surface area contributed by atoms with E-state index in [9.17, 15) is 18.8 Å². The van der Waals surface area contributed by atoms with Crippen LogP contribution in [0, 0.1) is 5.82 Å². The van der Waals surface area contributed by atoms with Crippen LogP contribution in [0.5, 0.6) is 0 Å². The van der Waals surface area contributed by atoms with Gasteiger partial charge in [0.1, 0.15) is 17.2 Å². The number of nitrogens with one attached hydrogen (secondary N) is 5. The molecule has 0 bridgehead atoms. The first-order valence-electron chi connectivity index (χ1n) is 13.8. The number of H-pyrrole nitrogens is 2. The van der Waals surface area contributed by atoms with Crippen LogP contribution < -0.4 is 16.0 Å². The molecule has 0 saturated heterocycles. The van der Waals surface area contributed by atoms with E-state index in [0.29, 0.717) is 28.6 Å². The summed E-state index contributed by atoms with van der Waals surface area (Å²) in [4.78, 5) is 51.9. The fourth-order valence-corrected chi connectivity index (χ4v) is 3.83. The highest BCUT2D eigenvalue weighted by atomic mass is 19.1. The maximum Gasteiger partial charge on any atom is 0.286 e. The Balaban J connectivity index is 0.000000182. The SMILES string of the molecule is O=C(CCNC(=O)c1ccco1)Nc1n[nH]c(-c2ccccn2)n1.O=C(Cc1ccccc1F)Nc1n[nH]c(-c2ccccn2)n1. The van der Waals surface area contributed by atoms with E-state index in [-0.39, 0.29) is 48.9 Å². The van der Waals surface area contributed by atoms with Crippen LogP contribution in [0.1, 0.15) is 22.5 Å². The van der Waals surface area contributed by atoms with Crippen molar-refractivity contribution in [3.63, 3.8) is 0 Å². The minimum Gasteiger partial charge on any atom is -0.459 e. The summed E-state index contributed by atoms with van der Waals surface area (Å²) in [6, 6.07) is 20.1. The van der Waals surface area contributed by atoms with Crippen LogP contribution >= 0.6 is 0 Å². The largest absolute Gasteiger partial charge is 0.459 e. The van der Waals surface area contributed by atoms with Crippen LogP contribution in [0.25, 0.3) is 23.0 Å². The quantitative estimate of drug-likeness (QED) is 0.150. The molecule has 0 spiro atoms. The Morgan fingerprint density at radius 1 is 0.739 bits per heavy atom. The highest BCUT2D eigenvalue weighted by Crippen LogP contribution is 2.14. The molecule has 6 aromatic rings. The lowest BCUT2D eigenvalue weighted by Crippen LogP contribution is -2.27. The summed E-state index contributed by atoms with van der Waals surface area (Å²) >= 11 is 0. The maximum absolute atomic E-state index is 13.5. The Kier molecular flexibility index (Phi) is 10.2. The second-order valence-corrected chi connectivity index (χ2v) is 9.29. The number of furan rings is 1. The molecule has 3 amide bonds. The van der Waals surface area contributed by atoms with Gasteiger partial charge < -0.3 is 9.73 Å². The number of halogens is 1. The van der Waals surface area contributed by atoms with Crippen molar-refractivity contribution in [2.75, 3.05) is 17.2 Å². The molecule has 0 atom stereocenters. The summed E-state index contributed by atoms with van der Waals surface area (Å²) < 4.78 is 18.4. The zero-order valence-electron chi connectivity index (χ0n) is 24.0. The summed E-state index contributed by atoms with van der Waals surface area (Å²) in [5, 5.41) is 20.8. The van der Waals surface area contributed by atoms with E-state index in [1.807, 2.05) is 12.1 Å². The number of benzene rings is 1. The summed E-state index contributed by atoms with van der Waals surface area (Å²) in [5.41, 5.74) is 1.56. The molecule has 6 rings (SSSR count). The number of amides is 3. The van der Waals surface area contributed by atoms with E-state index >= 15 is 0 Å². The van der Waals surface area contributed by atoms with Gasteiger partial charge in [0.2, 0.25) is 23.7 Å². The molecule has 0 fully saturated rings. The molecule has 1 aromatic carbocycles. The number of hydrogen-bond acceptors (Lipinski definition) is 10. The van der Waals surface area contributed by atoms with Gasteiger partial charge in [0.25, 0.3) is 5.91 Å². The number of anilines is 2. The smallest absolute Gasteiger partial charge is 0.286 e. The molecule has 16 heteroatoms. The van der Waals surface area contributed by atoms with E-state index < -0.39 is 11.7 Å². The average molecular weight is 624 g/mol. The van der Waals surface area contributed by atoms with Crippen LogP contribution in [0.3, 0.4) is 0 Å². The molecule has 5 heterocycles. The predicted molar refractivity (Wildman–Crippen MR) is 162 cm³/mol. The number of nitrogens with zero attached hydrogens (tertiary/aromatic N) is 6. The molecule has 0 aliphatic heterocycles. The van der Waals surface area contributed by atoms with Gasteiger partial charge in [0, 0.05) is 25.4 Å². The van der Waals surface area contributed by atoms with Gasteiger partial charge in [-0.25, -0.2) is 4.39 Å². The first-order valence-corrected chi connectivity index (χ1v) is 13.8. The molecule has 0 aliphatic rings. The van der Waals surface area contributed by atoms with Gasteiger partial charge in [-0.2, -0.15) is 9.97 Å². The molecule has 5 aromatic heterocycles. The predicted octanol–water partition coefficient (Wildman–Crippen LogP) is 3.41. The number of aromatic nitrogens is 8. The second kappa shape index (κ2) is 15.2. The van der Waals surface area contributed by atoms with E-state index in [2.05, 4.69) is 56.3 Å². The molecular weight excluding hydrogens is 597 g/mol. The standard InChI is InChI=1S/C15H12FN5O.C15H14N6O3/c16-11-6-2-1-5-10(11)9-13(22)18-15-19-14(20-21-15)12-7-3-4-8-17-12;22-12(6-8-17-14(23)11-5-3-9-24-11)18-15-19-13(20-21-15)10-4-1-2-7-16-10/h1-8H,9H2,(H2,18,19,20,21,22);1-5,7,9H,6,8H2,(H,17,23)(H2,18,19,20,21,22). The van der Waals surface area contributed by atoms with E-state index in [0.717, 1.165) is 0 Å². The molecule has 232 valence electrons. The number of carbonyl (C=O) groups excluding carboxylic acids is 3. The molecule has 0 radical (unpaired) electrons. The fraction of sp³-hybridized carbons (Fsp3) is 0.100. The second-order valence-electron chi connectivity index (χ2n) is 9.29. The van der Waals surface area contributed by atoms with E-state index in [4.69, 9.17) is 4.42 Å². The van der Waals surface area contributed by atoms with E-state index in [1.54, 1.807) is 67.0 Å². The lowest BCUT2D eigenvalue weighted by Gasteiger charge is -2.02. The molecular formula is C30H26FN11O4. The Bertz CT molecular complexity index is 1880. The van der Waals surface area contributed by atoms with Crippen LogP contribution in [-0.4, -0.2) is 64.6 Å². The fourth-order valence-electron chi connectivity index (χ4n) is 3.83. The number of carbonyl (C=O) groups is 3. The molecule has 15 nitrogen and oxygen atoms in total. The summed E-state index contributed by atoms with van der Waals surface area (Å²) in [6.45, 7) is 0.170. The maximum atomic E-state index is 13.5. The van der Waals surface area contributed by atoms with Crippen molar-refractivity contribution < 1.29 is 23.2 Å². The highest BCUT2D eigenvalue weighted by Gasteiger charge is 2.13. The Hall–Kier alpha value is -6.58. The van der Waals surface area contributed by atoms with Crippen molar-refractivity contribution in [1.82, 2.24) is 45.6 Å². The van der Waals surface area contributed by atoms with E-state index in [1.165, 1.54) is 12.3 Å².